The van der Waals surface area contributed by atoms with Crippen LogP contribution in [0.5, 0.6) is 0 Å². The number of nitro benzene ring substituents is 1. The van der Waals surface area contributed by atoms with E-state index in [4.69, 9.17) is 0 Å². The van der Waals surface area contributed by atoms with Gasteiger partial charge in [-0.1, -0.05) is 26.0 Å². The summed E-state index contributed by atoms with van der Waals surface area (Å²) in [7, 11) is 0. The maximum Gasteiger partial charge on any atom is 0.313 e. The highest BCUT2D eigenvalue weighted by Gasteiger charge is 2.24. The second kappa shape index (κ2) is 6.65. The van der Waals surface area contributed by atoms with Crippen molar-refractivity contribution in [1.29, 1.82) is 0 Å². The summed E-state index contributed by atoms with van der Waals surface area (Å²) < 4.78 is 0. The Bertz CT molecular complexity index is 696. The molecule has 116 valence electrons. The van der Waals surface area contributed by atoms with Crippen LogP contribution in [-0.4, -0.2) is 21.0 Å². The average Bonchev–Trinajstić information content (AvgIpc) is 2.94. The number of carbonyl (C=O) groups is 1. The molecule has 0 spiro atoms. The molecule has 2 rings (SSSR count). The molecular weight excluding hydrogens is 304 g/mol. The fourth-order valence-electron chi connectivity index (χ4n) is 2.14. The SMILES string of the molecule is CC(C)CC(C(=O)O)c1nc(-c2cccc([N+](=O)[O-])c2)cs1. The van der Waals surface area contributed by atoms with E-state index in [2.05, 4.69) is 4.98 Å². The van der Waals surface area contributed by atoms with Gasteiger partial charge in [0.25, 0.3) is 5.69 Å². The number of rotatable bonds is 6. The summed E-state index contributed by atoms with van der Waals surface area (Å²) in [5.41, 5.74) is 1.17. The number of hydrogen-bond donors (Lipinski definition) is 1. The van der Waals surface area contributed by atoms with Crippen molar-refractivity contribution in [2.24, 2.45) is 5.92 Å². The highest BCUT2D eigenvalue weighted by Crippen LogP contribution is 2.31. The van der Waals surface area contributed by atoms with Crippen LogP contribution in [0.2, 0.25) is 0 Å². The Morgan fingerprint density at radius 2 is 2.18 bits per heavy atom. The molecule has 0 aliphatic carbocycles. The number of aliphatic carboxylic acids is 1. The monoisotopic (exact) mass is 320 g/mol. The van der Waals surface area contributed by atoms with E-state index in [9.17, 15) is 20.0 Å². The van der Waals surface area contributed by atoms with Gasteiger partial charge in [-0.2, -0.15) is 0 Å². The van der Waals surface area contributed by atoms with Crippen molar-refractivity contribution >= 4 is 23.0 Å². The lowest BCUT2D eigenvalue weighted by Gasteiger charge is -2.11. The fraction of sp³-hybridized carbons (Fsp3) is 0.333. The smallest absolute Gasteiger partial charge is 0.313 e. The molecule has 22 heavy (non-hydrogen) atoms. The number of nitro groups is 1. The molecule has 0 fully saturated rings. The minimum Gasteiger partial charge on any atom is -0.481 e. The van der Waals surface area contributed by atoms with Gasteiger partial charge in [-0.25, -0.2) is 4.98 Å². The van der Waals surface area contributed by atoms with Crippen molar-refractivity contribution in [3.8, 4) is 11.3 Å². The highest BCUT2D eigenvalue weighted by atomic mass is 32.1. The van der Waals surface area contributed by atoms with E-state index < -0.39 is 16.8 Å². The normalized spacial score (nSPS) is 12.3. The number of hydrogen-bond acceptors (Lipinski definition) is 5. The molecule has 0 aliphatic heterocycles. The Balaban J connectivity index is 2.32. The Kier molecular flexibility index (Phi) is 4.87. The first kappa shape index (κ1) is 16.1. The highest BCUT2D eigenvalue weighted by molar-refractivity contribution is 7.10. The topological polar surface area (TPSA) is 93.3 Å². The van der Waals surface area contributed by atoms with Crippen LogP contribution >= 0.6 is 11.3 Å². The van der Waals surface area contributed by atoms with Gasteiger partial charge < -0.3 is 5.11 Å². The van der Waals surface area contributed by atoms with Gasteiger partial charge in [0.05, 0.1) is 10.6 Å². The van der Waals surface area contributed by atoms with Crippen molar-refractivity contribution < 1.29 is 14.8 Å². The Morgan fingerprint density at radius 1 is 1.45 bits per heavy atom. The molecule has 1 heterocycles. The molecule has 1 aromatic carbocycles. The summed E-state index contributed by atoms with van der Waals surface area (Å²) in [6.45, 7) is 3.93. The van der Waals surface area contributed by atoms with Gasteiger partial charge in [0.1, 0.15) is 10.9 Å². The van der Waals surface area contributed by atoms with E-state index >= 15 is 0 Å². The summed E-state index contributed by atoms with van der Waals surface area (Å²) in [5.74, 6) is -1.29. The van der Waals surface area contributed by atoms with Crippen LogP contribution < -0.4 is 0 Å². The minimum absolute atomic E-state index is 0.0102. The van der Waals surface area contributed by atoms with Gasteiger partial charge >= 0.3 is 5.97 Å². The zero-order valence-corrected chi connectivity index (χ0v) is 13.0. The number of nitrogens with zero attached hydrogens (tertiary/aromatic N) is 2. The molecule has 0 saturated heterocycles. The van der Waals surface area contributed by atoms with E-state index in [1.807, 2.05) is 13.8 Å². The van der Waals surface area contributed by atoms with Crippen LogP contribution in [0.4, 0.5) is 5.69 Å². The first-order valence-corrected chi connectivity index (χ1v) is 7.69. The van der Waals surface area contributed by atoms with Crippen molar-refractivity contribution in [3.05, 3.63) is 44.8 Å². The number of benzene rings is 1. The minimum atomic E-state index is -0.895. The molecule has 0 saturated carbocycles. The maximum absolute atomic E-state index is 11.4. The van der Waals surface area contributed by atoms with Gasteiger partial charge in [0, 0.05) is 23.1 Å². The second-order valence-corrected chi connectivity index (χ2v) is 6.29. The number of carboxylic acid groups (broad SMARTS) is 1. The number of aromatic nitrogens is 1. The Hall–Kier alpha value is -2.28. The molecule has 0 aliphatic rings. The summed E-state index contributed by atoms with van der Waals surface area (Å²) >= 11 is 1.28. The van der Waals surface area contributed by atoms with E-state index in [0.717, 1.165) is 0 Å². The van der Waals surface area contributed by atoms with Crippen LogP contribution in [-0.2, 0) is 4.79 Å². The molecule has 7 heteroatoms. The molecule has 2 aromatic rings. The third-order valence-electron chi connectivity index (χ3n) is 3.18. The molecule has 1 aromatic heterocycles. The predicted molar refractivity (Wildman–Crippen MR) is 84.0 cm³/mol. The van der Waals surface area contributed by atoms with E-state index in [1.54, 1.807) is 17.5 Å². The van der Waals surface area contributed by atoms with Crippen molar-refractivity contribution in [3.63, 3.8) is 0 Å². The second-order valence-electron chi connectivity index (χ2n) is 5.40. The molecule has 1 unspecified atom stereocenters. The summed E-state index contributed by atoms with van der Waals surface area (Å²) in [6, 6.07) is 6.17. The number of carboxylic acids is 1. The molecule has 6 nitrogen and oxygen atoms in total. The lowest BCUT2D eigenvalue weighted by molar-refractivity contribution is -0.384. The van der Waals surface area contributed by atoms with Gasteiger partial charge in [0.2, 0.25) is 0 Å². The van der Waals surface area contributed by atoms with Gasteiger partial charge in [-0.05, 0) is 12.3 Å². The maximum atomic E-state index is 11.4. The molecule has 0 bridgehead atoms. The fourth-order valence-corrected chi connectivity index (χ4v) is 3.07. The molecule has 0 amide bonds. The van der Waals surface area contributed by atoms with Crippen LogP contribution in [0.1, 0.15) is 31.2 Å². The number of non-ortho nitro benzene ring substituents is 1. The zero-order valence-electron chi connectivity index (χ0n) is 12.2. The Morgan fingerprint density at radius 3 is 2.77 bits per heavy atom. The predicted octanol–water partition coefficient (Wildman–Crippen LogP) is 3.93. The van der Waals surface area contributed by atoms with Crippen LogP contribution in [0.25, 0.3) is 11.3 Å². The van der Waals surface area contributed by atoms with E-state index in [1.165, 1.54) is 23.5 Å². The summed E-state index contributed by atoms with van der Waals surface area (Å²) in [4.78, 5) is 26.1. The summed E-state index contributed by atoms with van der Waals surface area (Å²) in [5, 5.41) is 22.4. The van der Waals surface area contributed by atoms with Crippen LogP contribution in [0, 0.1) is 16.0 Å². The standard InChI is InChI=1S/C15H16N2O4S/c1-9(2)6-12(15(18)19)14-16-13(8-22-14)10-4-3-5-11(7-10)17(20)21/h3-5,7-9,12H,6H2,1-2H3,(H,18,19). The third kappa shape index (κ3) is 3.67. The average molecular weight is 320 g/mol. The van der Waals surface area contributed by atoms with Gasteiger partial charge in [-0.15, -0.1) is 11.3 Å². The molecular formula is C15H16N2O4S. The third-order valence-corrected chi connectivity index (χ3v) is 4.14. The van der Waals surface area contributed by atoms with Crippen molar-refractivity contribution in [2.45, 2.75) is 26.2 Å². The lowest BCUT2D eigenvalue weighted by Crippen LogP contribution is -2.13. The quantitative estimate of drug-likeness (QED) is 0.643. The molecule has 0 radical (unpaired) electrons. The lowest BCUT2D eigenvalue weighted by atomic mass is 9.98. The summed E-state index contributed by atoms with van der Waals surface area (Å²) in [6.07, 6.45) is 0.511. The van der Waals surface area contributed by atoms with Gasteiger partial charge in [-0.3, -0.25) is 14.9 Å². The van der Waals surface area contributed by atoms with E-state index in [-0.39, 0.29) is 11.6 Å². The number of thiazole rings is 1. The van der Waals surface area contributed by atoms with Crippen LogP contribution in [0.15, 0.2) is 29.6 Å². The Labute approximate surface area is 131 Å². The first-order valence-electron chi connectivity index (χ1n) is 6.81. The van der Waals surface area contributed by atoms with E-state index in [0.29, 0.717) is 22.7 Å². The van der Waals surface area contributed by atoms with Crippen LogP contribution in [0.3, 0.4) is 0 Å². The van der Waals surface area contributed by atoms with Crippen molar-refractivity contribution in [2.75, 3.05) is 0 Å². The largest absolute Gasteiger partial charge is 0.481 e. The van der Waals surface area contributed by atoms with Gasteiger partial charge in [0.15, 0.2) is 0 Å². The first-order chi connectivity index (χ1) is 10.4. The molecule has 1 N–H and O–H groups in total. The molecule has 1 atom stereocenters. The zero-order chi connectivity index (χ0) is 16.3. The van der Waals surface area contributed by atoms with Crippen molar-refractivity contribution in [1.82, 2.24) is 4.98 Å².